The van der Waals surface area contributed by atoms with E-state index in [1.54, 1.807) is 0 Å². The average Bonchev–Trinajstić information content (AvgIpc) is 2.71. The van der Waals surface area contributed by atoms with Crippen LogP contribution < -0.4 is 0 Å². The van der Waals surface area contributed by atoms with E-state index in [1.165, 1.54) is 11.1 Å². The molecule has 0 aliphatic rings. The van der Waals surface area contributed by atoms with Gasteiger partial charge in [0.05, 0.1) is 11.5 Å². The topological polar surface area (TPSA) is 132 Å². The fourth-order valence-corrected chi connectivity index (χ4v) is 5.43. The van der Waals surface area contributed by atoms with Crippen molar-refractivity contribution >= 4 is 20.2 Å². The SMILES string of the molecule is Cc1ccc(O)c([C@H](CCN(C(C)C)C(C)C)c2ccccc2)c1.O=S(=O)(O)CCS(=O)(=O)O. The Morgan fingerprint density at radius 3 is 1.76 bits per heavy atom. The molecule has 0 amide bonds. The van der Waals surface area contributed by atoms with Gasteiger partial charge in [0.2, 0.25) is 0 Å². The number of hydrogen-bond donors (Lipinski definition) is 3. The molecule has 0 aliphatic heterocycles. The summed E-state index contributed by atoms with van der Waals surface area (Å²) in [6, 6.07) is 17.5. The van der Waals surface area contributed by atoms with Gasteiger partial charge in [0.25, 0.3) is 20.2 Å². The number of benzene rings is 2. The lowest BCUT2D eigenvalue weighted by atomic mass is 9.87. The van der Waals surface area contributed by atoms with E-state index >= 15 is 0 Å². The molecule has 1 atom stereocenters. The van der Waals surface area contributed by atoms with Gasteiger partial charge in [0.15, 0.2) is 0 Å². The number of hydrogen-bond acceptors (Lipinski definition) is 6. The number of nitrogens with zero attached hydrogens (tertiary/aromatic N) is 1. The van der Waals surface area contributed by atoms with Crippen LogP contribution in [0.5, 0.6) is 5.75 Å². The van der Waals surface area contributed by atoms with E-state index in [0.29, 0.717) is 17.8 Å². The summed E-state index contributed by atoms with van der Waals surface area (Å²) >= 11 is 0. The first-order chi connectivity index (χ1) is 15.6. The number of phenolic OH excluding ortho intramolecular Hbond substituents is 1. The number of rotatable bonds is 10. The van der Waals surface area contributed by atoms with Gasteiger partial charge in [-0.25, -0.2) is 0 Å². The molecule has 2 rings (SSSR count). The smallest absolute Gasteiger partial charge is 0.265 e. The lowest BCUT2D eigenvalue weighted by molar-refractivity contribution is 0.170. The summed E-state index contributed by atoms with van der Waals surface area (Å²) in [7, 11) is -8.59. The van der Waals surface area contributed by atoms with Gasteiger partial charge in [-0.3, -0.25) is 14.0 Å². The Morgan fingerprint density at radius 2 is 1.32 bits per heavy atom. The van der Waals surface area contributed by atoms with Crippen molar-refractivity contribution in [3.05, 3.63) is 65.2 Å². The minimum absolute atomic E-state index is 0.214. The highest BCUT2D eigenvalue weighted by Gasteiger charge is 2.21. The number of aromatic hydroxyl groups is 1. The molecule has 8 nitrogen and oxygen atoms in total. The van der Waals surface area contributed by atoms with E-state index in [0.717, 1.165) is 18.5 Å². The lowest BCUT2D eigenvalue weighted by Crippen LogP contribution is -2.38. The highest BCUT2D eigenvalue weighted by Crippen LogP contribution is 2.35. The van der Waals surface area contributed by atoms with Crippen molar-refractivity contribution in [3.63, 3.8) is 0 Å². The molecule has 0 fully saturated rings. The standard InChI is InChI=1S/C22H31NO.C2H6O6S2/c1-16(2)23(17(3)4)14-13-20(19-9-7-6-8-10-19)21-15-18(5)11-12-22(21)24;3-9(4,5)1-2-10(6,7)8/h6-12,15-17,20,24H,13-14H2,1-5H3;1-2H2,(H,3,4,5)(H,6,7,8)/t20-;/m1./s1. The fraction of sp³-hybridized carbons (Fsp3) is 0.500. The van der Waals surface area contributed by atoms with Gasteiger partial charge in [0.1, 0.15) is 5.75 Å². The van der Waals surface area contributed by atoms with Crippen LogP contribution in [-0.2, 0) is 20.2 Å². The summed E-state index contributed by atoms with van der Waals surface area (Å²) in [4.78, 5) is 2.52. The largest absolute Gasteiger partial charge is 0.508 e. The quantitative estimate of drug-likeness (QED) is 0.403. The summed E-state index contributed by atoms with van der Waals surface area (Å²) in [5.74, 6) is -1.35. The van der Waals surface area contributed by atoms with Gasteiger partial charge in [-0.2, -0.15) is 16.8 Å². The molecule has 0 aromatic heterocycles. The number of aryl methyl sites for hydroxylation is 1. The first kappa shape index (κ1) is 30.1. The van der Waals surface area contributed by atoms with Gasteiger partial charge in [-0.05, 0) is 59.2 Å². The first-order valence-electron chi connectivity index (χ1n) is 11.1. The summed E-state index contributed by atoms with van der Waals surface area (Å²) < 4.78 is 55.4. The second-order valence-electron chi connectivity index (χ2n) is 8.81. The molecular weight excluding hydrogens is 478 g/mol. The second-order valence-corrected chi connectivity index (χ2v) is 12.0. The van der Waals surface area contributed by atoms with Crippen molar-refractivity contribution in [1.82, 2.24) is 4.90 Å². The molecule has 10 heteroatoms. The highest BCUT2D eigenvalue weighted by molar-refractivity contribution is 7.89. The highest BCUT2D eigenvalue weighted by atomic mass is 32.2. The molecule has 0 saturated heterocycles. The summed E-state index contributed by atoms with van der Waals surface area (Å²) in [6.07, 6.45) is 0.997. The maximum Gasteiger partial charge on any atom is 0.265 e. The van der Waals surface area contributed by atoms with Crippen LogP contribution >= 0.6 is 0 Å². The average molecular weight is 516 g/mol. The molecule has 0 spiro atoms. The lowest BCUT2D eigenvalue weighted by Gasteiger charge is -2.32. The molecular formula is C24H37NO7S2. The maximum atomic E-state index is 10.4. The molecule has 192 valence electrons. The molecule has 0 heterocycles. The van der Waals surface area contributed by atoms with E-state index in [4.69, 9.17) is 9.11 Å². The Bertz CT molecular complexity index is 1060. The van der Waals surface area contributed by atoms with Gasteiger partial charge in [-0.1, -0.05) is 48.0 Å². The van der Waals surface area contributed by atoms with Crippen molar-refractivity contribution in [2.24, 2.45) is 0 Å². The van der Waals surface area contributed by atoms with Crippen LogP contribution in [0.4, 0.5) is 0 Å². The van der Waals surface area contributed by atoms with Gasteiger partial charge >= 0.3 is 0 Å². The summed E-state index contributed by atoms with van der Waals surface area (Å²) in [5.41, 5.74) is 3.49. The van der Waals surface area contributed by atoms with Crippen LogP contribution in [0.15, 0.2) is 48.5 Å². The number of phenols is 1. The molecule has 0 unspecified atom stereocenters. The van der Waals surface area contributed by atoms with Crippen LogP contribution in [0, 0.1) is 6.92 Å². The maximum absolute atomic E-state index is 10.4. The van der Waals surface area contributed by atoms with E-state index in [1.807, 2.05) is 18.2 Å². The Morgan fingerprint density at radius 1 is 0.824 bits per heavy atom. The van der Waals surface area contributed by atoms with E-state index in [2.05, 4.69) is 69.9 Å². The minimum Gasteiger partial charge on any atom is -0.508 e. The zero-order valence-electron chi connectivity index (χ0n) is 20.4. The van der Waals surface area contributed by atoms with E-state index < -0.39 is 31.7 Å². The molecule has 3 N–H and O–H groups in total. The molecule has 0 aliphatic carbocycles. The minimum atomic E-state index is -4.30. The van der Waals surface area contributed by atoms with Crippen LogP contribution in [0.1, 0.15) is 56.7 Å². The molecule has 34 heavy (non-hydrogen) atoms. The van der Waals surface area contributed by atoms with Gasteiger partial charge in [0, 0.05) is 23.6 Å². The Labute approximate surface area is 204 Å². The molecule has 2 aromatic carbocycles. The van der Waals surface area contributed by atoms with Gasteiger partial charge < -0.3 is 5.11 Å². The van der Waals surface area contributed by atoms with Crippen LogP contribution in [0.2, 0.25) is 0 Å². The Hall–Kier alpha value is -1.98. The summed E-state index contributed by atoms with van der Waals surface area (Å²) in [6.45, 7) is 12.1. The monoisotopic (exact) mass is 515 g/mol. The third kappa shape index (κ3) is 11.4. The van der Waals surface area contributed by atoms with Crippen LogP contribution in [0.3, 0.4) is 0 Å². The van der Waals surface area contributed by atoms with Crippen LogP contribution in [0.25, 0.3) is 0 Å². The zero-order chi connectivity index (χ0) is 26.1. The third-order valence-corrected chi connectivity index (χ3v) is 7.06. The summed E-state index contributed by atoms with van der Waals surface area (Å²) in [5, 5.41) is 10.4. The predicted molar refractivity (Wildman–Crippen MR) is 136 cm³/mol. The third-order valence-electron chi connectivity index (χ3n) is 5.36. The van der Waals surface area contributed by atoms with Crippen molar-refractivity contribution in [1.29, 1.82) is 0 Å². The molecule has 0 bridgehead atoms. The van der Waals surface area contributed by atoms with Crippen molar-refractivity contribution in [2.45, 2.75) is 59.0 Å². The van der Waals surface area contributed by atoms with E-state index in [-0.39, 0.29) is 5.92 Å². The first-order valence-corrected chi connectivity index (χ1v) is 14.3. The second kappa shape index (κ2) is 13.2. The predicted octanol–water partition coefficient (Wildman–Crippen LogP) is 4.10. The van der Waals surface area contributed by atoms with Crippen LogP contribution in [-0.4, -0.2) is 66.1 Å². The molecule has 0 radical (unpaired) electrons. The van der Waals surface area contributed by atoms with Gasteiger partial charge in [-0.15, -0.1) is 0 Å². The van der Waals surface area contributed by atoms with Crippen molar-refractivity contribution < 1.29 is 31.0 Å². The van der Waals surface area contributed by atoms with E-state index in [9.17, 15) is 21.9 Å². The normalized spacial score (nSPS) is 13.1. The Kier molecular flexibility index (Phi) is 11.7. The molecule has 0 saturated carbocycles. The zero-order valence-corrected chi connectivity index (χ0v) is 22.1. The van der Waals surface area contributed by atoms with Crippen molar-refractivity contribution in [2.75, 3.05) is 18.1 Å². The Balaban J connectivity index is 0.000000489. The fourth-order valence-electron chi connectivity index (χ4n) is 3.74. The molecule has 2 aromatic rings. The van der Waals surface area contributed by atoms with Crippen molar-refractivity contribution in [3.8, 4) is 5.75 Å².